The van der Waals surface area contributed by atoms with Crippen LogP contribution in [0.2, 0.25) is 0 Å². The zero-order valence-corrected chi connectivity index (χ0v) is 13.8. The van der Waals surface area contributed by atoms with E-state index in [1.54, 1.807) is 12.1 Å². The molecule has 6 nitrogen and oxygen atoms in total. The van der Waals surface area contributed by atoms with Crippen molar-refractivity contribution in [1.29, 1.82) is 0 Å². The number of hydrogen-bond acceptors (Lipinski definition) is 4. The number of halogens is 1. The van der Waals surface area contributed by atoms with Gasteiger partial charge in [-0.1, -0.05) is 15.9 Å². The molecule has 1 unspecified atom stereocenters. The van der Waals surface area contributed by atoms with Crippen LogP contribution in [0.4, 0.5) is 0 Å². The molecule has 21 heavy (non-hydrogen) atoms. The minimum atomic E-state index is -3.43. The van der Waals surface area contributed by atoms with E-state index in [1.807, 2.05) is 0 Å². The van der Waals surface area contributed by atoms with Gasteiger partial charge in [0.25, 0.3) is 0 Å². The second-order valence-corrected chi connectivity index (χ2v) is 7.53. The molecule has 0 spiro atoms. The summed E-state index contributed by atoms with van der Waals surface area (Å²) in [7, 11) is -3.43. The predicted molar refractivity (Wildman–Crippen MR) is 80.7 cm³/mol. The highest BCUT2D eigenvalue weighted by molar-refractivity contribution is 9.10. The highest BCUT2D eigenvalue weighted by Gasteiger charge is 2.17. The number of amides is 1. The maximum absolute atomic E-state index is 12.0. The van der Waals surface area contributed by atoms with Crippen LogP contribution >= 0.6 is 15.9 Å². The predicted octanol–water partition coefficient (Wildman–Crippen LogP) is 1.59. The van der Waals surface area contributed by atoms with Gasteiger partial charge in [0.15, 0.2) is 9.84 Å². The number of carboxylic acids is 1. The molecule has 0 aromatic heterocycles. The molecule has 0 saturated carbocycles. The molecule has 0 fully saturated rings. The first-order valence-corrected chi connectivity index (χ1v) is 8.67. The van der Waals surface area contributed by atoms with Crippen LogP contribution in [0.15, 0.2) is 33.6 Å². The fourth-order valence-corrected chi connectivity index (χ4v) is 3.13. The van der Waals surface area contributed by atoms with Gasteiger partial charge in [-0.05, 0) is 37.6 Å². The third kappa shape index (κ3) is 5.84. The first-order chi connectivity index (χ1) is 9.72. The highest BCUT2D eigenvalue weighted by Crippen LogP contribution is 2.16. The molecule has 0 saturated heterocycles. The van der Waals surface area contributed by atoms with Crippen LogP contribution in [-0.4, -0.2) is 37.2 Å². The lowest BCUT2D eigenvalue weighted by Crippen LogP contribution is -2.38. The SMILES string of the molecule is CC(NC(=O)CCCS(=O)(=O)c1ccc(Br)cc1)C(=O)O. The molecule has 0 aliphatic heterocycles. The molecule has 1 aromatic carbocycles. The molecule has 0 aliphatic carbocycles. The summed E-state index contributed by atoms with van der Waals surface area (Å²) in [6.07, 6.45) is 0.101. The standard InChI is InChI=1S/C13H16BrNO5S/c1-9(13(17)18)15-12(16)3-2-8-21(19,20)11-6-4-10(14)5-7-11/h4-7,9H,2-3,8H2,1H3,(H,15,16)(H,17,18). The third-order valence-electron chi connectivity index (χ3n) is 2.74. The van der Waals surface area contributed by atoms with E-state index in [2.05, 4.69) is 21.2 Å². The number of carbonyl (C=O) groups excluding carboxylic acids is 1. The molecule has 1 amide bonds. The molecule has 0 heterocycles. The number of carbonyl (C=O) groups is 2. The monoisotopic (exact) mass is 377 g/mol. The summed E-state index contributed by atoms with van der Waals surface area (Å²) in [5, 5.41) is 10.9. The lowest BCUT2D eigenvalue weighted by molar-refractivity contribution is -0.141. The van der Waals surface area contributed by atoms with Gasteiger partial charge in [-0.25, -0.2) is 8.42 Å². The number of nitrogens with one attached hydrogen (secondary N) is 1. The normalized spacial score (nSPS) is 12.7. The van der Waals surface area contributed by atoms with Crippen LogP contribution < -0.4 is 5.32 Å². The van der Waals surface area contributed by atoms with Gasteiger partial charge in [-0.3, -0.25) is 9.59 Å². The van der Waals surface area contributed by atoms with Crippen LogP contribution in [0.3, 0.4) is 0 Å². The lowest BCUT2D eigenvalue weighted by Gasteiger charge is -2.09. The van der Waals surface area contributed by atoms with E-state index < -0.39 is 27.8 Å². The first kappa shape index (κ1) is 17.6. The van der Waals surface area contributed by atoms with Crippen molar-refractivity contribution in [2.75, 3.05) is 5.75 Å². The Kier molecular flexibility index (Phi) is 6.35. The van der Waals surface area contributed by atoms with Crippen molar-refractivity contribution >= 4 is 37.6 Å². The fourth-order valence-electron chi connectivity index (χ4n) is 1.56. The fraction of sp³-hybridized carbons (Fsp3) is 0.385. The summed E-state index contributed by atoms with van der Waals surface area (Å²) in [5.74, 6) is -1.77. The molecule has 8 heteroatoms. The van der Waals surface area contributed by atoms with Gasteiger partial charge in [0, 0.05) is 10.9 Å². The highest BCUT2D eigenvalue weighted by atomic mass is 79.9. The van der Waals surface area contributed by atoms with Gasteiger partial charge in [-0.2, -0.15) is 0 Å². The molecule has 1 atom stereocenters. The summed E-state index contributed by atoms with van der Waals surface area (Å²) >= 11 is 3.22. The van der Waals surface area contributed by atoms with E-state index in [0.717, 1.165) is 4.47 Å². The number of hydrogen-bond donors (Lipinski definition) is 2. The summed E-state index contributed by atoms with van der Waals surface area (Å²) in [5.41, 5.74) is 0. The summed E-state index contributed by atoms with van der Waals surface area (Å²) in [4.78, 5) is 22.2. The largest absolute Gasteiger partial charge is 0.480 e. The second kappa shape index (κ2) is 7.56. The Morgan fingerprint density at radius 1 is 1.29 bits per heavy atom. The van der Waals surface area contributed by atoms with Gasteiger partial charge in [0.05, 0.1) is 10.6 Å². The van der Waals surface area contributed by atoms with Crippen LogP contribution in [0.25, 0.3) is 0 Å². The van der Waals surface area contributed by atoms with Gasteiger partial charge >= 0.3 is 5.97 Å². The number of benzene rings is 1. The molecule has 1 rings (SSSR count). The summed E-state index contributed by atoms with van der Waals surface area (Å²) in [6.45, 7) is 1.35. The summed E-state index contributed by atoms with van der Waals surface area (Å²) < 4.78 is 24.8. The Balaban J connectivity index is 2.49. The zero-order valence-electron chi connectivity index (χ0n) is 11.4. The van der Waals surface area contributed by atoms with Crippen LogP contribution in [-0.2, 0) is 19.4 Å². The van der Waals surface area contributed by atoms with Crippen molar-refractivity contribution < 1.29 is 23.1 Å². The quantitative estimate of drug-likeness (QED) is 0.751. The average molecular weight is 378 g/mol. The number of aliphatic carboxylic acids is 1. The van der Waals surface area contributed by atoms with E-state index in [9.17, 15) is 18.0 Å². The van der Waals surface area contributed by atoms with E-state index in [0.29, 0.717) is 0 Å². The van der Waals surface area contributed by atoms with Gasteiger partial charge in [0.2, 0.25) is 5.91 Å². The molecular weight excluding hydrogens is 362 g/mol. The Morgan fingerprint density at radius 3 is 2.38 bits per heavy atom. The van der Waals surface area contributed by atoms with Gasteiger partial charge in [0.1, 0.15) is 6.04 Å². The topological polar surface area (TPSA) is 101 Å². The van der Waals surface area contributed by atoms with E-state index in [-0.39, 0.29) is 23.5 Å². The molecular formula is C13H16BrNO5S. The van der Waals surface area contributed by atoms with Crippen molar-refractivity contribution in [3.8, 4) is 0 Å². The third-order valence-corrected chi connectivity index (χ3v) is 5.08. The molecule has 2 N–H and O–H groups in total. The van der Waals surface area contributed by atoms with Crippen molar-refractivity contribution in [3.63, 3.8) is 0 Å². The Bertz CT molecular complexity index is 612. The first-order valence-electron chi connectivity index (χ1n) is 6.23. The van der Waals surface area contributed by atoms with E-state index in [1.165, 1.54) is 19.1 Å². The Morgan fingerprint density at radius 2 is 1.86 bits per heavy atom. The van der Waals surface area contributed by atoms with Crippen molar-refractivity contribution in [2.24, 2.45) is 0 Å². The van der Waals surface area contributed by atoms with Crippen molar-refractivity contribution in [3.05, 3.63) is 28.7 Å². The number of carboxylic acid groups (broad SMARTS) is 1. The number of sulfone groups is 1. The van der Waals surface area contributed by atoms with Crippen LogP contribution in [0.5, 0.6) is 0 Å². The smallest absolute Gasteiger partial charge is 0.325 e. The van der Waals surface area contributed by atoms with Gasteiger partial charge in [-0.15, -0.1) is 0 Å². The zero-order chi connectivity index (χ0) is 16.0. The Hall–Kier alpha value is -1.41. The summed E-state index contributed by atoms with van der Waals surface area (Å²) in [6, 6.07) is 5.26. The Labute approximate surface area is 131 Å². The maximum Gasteiger partial charge on any atom is 0.325 e. The van der Waals surface area contributed by atoms with E-state index in [4.69, 9.17) is 5.11 Å². The molecule has 1 aromatic rings. The van der Waals surface area contributed by atoms with Crippen molar-refractivity contribution in [1.82, 2.24) is 5.32 Å². The minimum Gasteiger partial charge on any atom is -0.480 e. The maximum atomic E-state index is 12.0. The molecule has 116 valence electrons. The molecule has 0 bridgehead atoms. The lowest BCUT2D eigenvalue weighted by atomic mass is 10.3. The van der Waals surface area contributed by atoms with Crippen LogP contribution in [0, 0.1) is 0 Å². The van der Waals surface area contributed by atoms with Gasteiger partial charge < -0.3 is 10.4 Å². The average Bonchev–Trinajstić information content (AvgIpc) is 2.38. The van der Waals surface area contributed by atoms with E-state index >= 15 is 0 Å². The molecule has 0 aliphatic rings. The molecule has 0 radical (unpaired) electrons. The second-order valence-electron chi connectivity index (χ2n) is 4.50. The van der Waals surface area contributed by atoms with Crippen molar-refractivity contribution in [2.45, 2.75) is 30.7 Å². The van der Waals surface area contributed by atoms with Crippen LogP contribution in [0.1, 0.15) is 19.8 Å². The minimum absolute atomic E-state index is 0.0343. The number of rotatable bonds is 7.